The van der Waals surface area contributed by atoms with Gasteiger partial charge in [-0.25, -0.2) is 0 Å². The summed E-state index contributed by atoms with van der Waals surface area (Å²) < 4.78 is 10.6. The van der Waals surface area contributed by atoms with Crippen molar-refractivity contribution < 1.29 is 14.1 Å². The van der Waals surface area contributed by atoms with E-state index in [1.54, 1.807) is 0 Å². The van der Waals surface area contributed by atoms with Crippen LogP contribution in [0, 0.1) is 5.92 Å². The van der Waals surface area contributed by atoms with Crippen molar-refractivity contribution >= 4 is 5.91 Å². The molecule has 24 heavy (non-hydrogen) atoms. The van der Waals surface area contributed by atoms with Gasteiger partial charge >= 0.3 is 0 Å². The summed E-state index contributed by atoms with van der Waals surface area (Å²) in [6, 6.07) is 0.473. The van der Waals surface area contributed by atoms with Crippen molar-refractivity contribution in [1.82, 2.24) is 19.9 Å². The zero-order valence-corrected chi connectivity index (χ0v) is 14.7. The van der Waals surface area contributed by atoms with Gasteiger partial charge in [-0.15, -0.1) is 0 Å². The van der Waals surface area contributed by atoms with E-state index in [0.29, 0.717) is 30.7 Å². The molecule has 134 valence electrons. The van der Waals surface area contributed by atoms with Gasteiger partial charge in [-0.05, 0) is 12.3 Å². The molecule has 7 heteroatoms. The number of likely N-dealkylation sites (tertiary alicyclic amines) is 1. The Morgan fingerprint density at radius 1 is 1.29 bits per heavy atom. The number of carbonyl (C=O) groups excluding carboxylic acids is 1. The maximum atomic E-state index is 12.5. The summed E-state index contributed by atoms with van der Waals surface area (Å²) in [6.45, 7) is 9.53. The molecule has 0 N–H and O–H groups in total. The number of hydrogen-bond acceptors (Lipinski definition) is 6. The highest BCUT2D eigenvalue weighted by atomic mass is 16.5. The van der Waals surface area contributed by atoms with Crippen LogP contribution >= 0.6 is 0 Å². The largest absolute Gasteiger partial charge is 0.379 e. The molecule has 2 fully saturated rings. The molecule has 1 aromatic heterocycles. The summed E-state index contributed by atoms with van der Waals surface area (Å²) in [5, 5.41) is 3.88. The number of nitrogens with zero attached hydrogens (tertiary/aromatic N) is 4. The summed E-state index contributed by atoms with van der Waals surface area (Å²) in [5.41, 5.74) is 0. The Morgan fingerprint density at radius 2 is 2.08 bits per heavy atom. The maximum absolute atomic E-state index is 12.5. The van der Waals surface area contributed by atoms with Crippen molar-refractivity contribution in [3.63, 3.8) is 0 Å². The van der Waals surface area contributed by atoms with E-state index in [4.69, 9.17) is 9.26 Å². The zero-order chi connectivity index (χ0) is 16.9. The van der Waals surface area contributed by atoms with E-state index >= 15 is 0 Å². The molecule has 3 rings (SSSR count). The number of aromatic nitrogens is 2. The highest BCUT2D eigenvalue weighted by molar-refractivity contribution is 5.76. The molecule has 1 aromatic rings. The SMILES string of the molecule is CCc1noc(CCCC(=O)N2CC(C)C(N3CCOCC3)C2)n1. The molecule has 0 spiro atoms. The van der Waals surface area contributed by atoms with Crippen LogP contribution in [0.1, 0.15) is 38.4 Å². The predicted molar refractivity (Wildman–Crippen MR) is 88.5 cm³/mol. The van der Waals surface area contributed by atoms with Gasteiger partial charge in [0, 0.05) is 51.5 Å². The topological polar surface area (TPSA) is 71.7 Å². The van der Waals surface area contributed by atoms with Crippen LogP contribution in [0.5, 0.6) is 0 Å². The van der Waals surface area contributed by atoms with Gasteiger partial charge in [-0.1, -0.05) is 19.0 Å². The normalized spacial score (nSPS) is 25.3. The van der Waals surface area contributed by atoms with E-state index in [9.17, 15) is 4.79 Å². The number of aryl methyl sites for hydroxylation is 2. The van der Waals surface area contributed by atoms with Crippen LogP contribution in [0.2, 0.25) is 0 Å². The molecule has 0 aliphatic carbocycles. The van der Waals surface area contributed by atoms with E-state index in [1.807, 2.05) is 11.8 Å². The van der Waals surface area contributed by atoms with E-state index in [-0.39, 0.29) is 5.91 Å². The smallest absolute Gasteiger partial charge is 0.226 e. The lowest BCUT2D eigenvalue weighted by molar-refractivity contribution is -0.130. The predicted octanol–water partition coefficient (Wildman–Crippen LogP) is 1.13. The van der Waals surface area contributed by atoms with Crippen LogP contribution in [0.15, 0.2) is 4.52 Å². The van der Waals surface area contributed by atoms with Crippen molar-refractivity contribution in [2.45, 2.75) is 45.6 Å². The van der Waals surface area contributed by atoms with E-state index in [2.05, 4.69) is 22.0 Å². The Bertz CT molecular complexity index is 542. The van der Waals surface area contributed by atoms with Crippen LogP contribution in [0.3, 0.4) is 0 Å². The van der Waals surface area contributed by atoms with Crippen molar-refractivity contribution in [3.8, 4) is 0 Å². The van der Waals surface area contributed by atoms with Crippen LogP contribution in [0.4, 0.5) is 0 Å². The quantitative estimate of drug-likeness (QED) is 0.776. The van der Waals surface area contributed by atoms with E-state index in [1.165, 1.54) is 0 Å². The molecule has 2 atom stereocenters. The summed E-state index contributed by atoms with van der Waals surface area (Å²) >= 11 is 0. The van der Waals surface area contributed by atoms with Crippen molar-refractivity contribution in [3.05, 3.63) is 11.7 Å². The minimum atomic E-state index is 0.243. The first-order valence-corrected chi connectivity index (χ1v) is 9.08. The fraction of sp³-hybridized carbons (Fsp3) is 0.824. The zero-order valence-electron chi connectivity index (χ0n) is 14.7. The first-order chi connectivity index (χ1) is 11.7. The van der Waals surface area contributed by atoms with E-state index < -0.39 is 0 Å². The number of morpholine rings is 1. The Labute approximate surface area is 143 Å². The third kappa shape index (κ3) is 4.13. The number of ether oxygens (including phenoxy) is 1. The average molecular weight is 336 g/mol. The van der Waals surface area contributed by atoms with Crippen molar-refractivity contribution in [1.29, 1.82) is 0 Å². The highest BCUT2D eigenvalue weighted by Gasteiger charge is 2.36. The number of hydrogen-bond donors (Lipinski definition) is 0. The van der Waals surface area contributed by atoms with Gasteiger partial charge in [0.25, 0.3) is 0 Å². The Balaban J connectivity index is 1.43. The van der Waals surface area contributed by atoms with Gasteiger partial charge in [0.1, 0.15) is 0 Å². The number of amides is 1. The maximum Gasteiger partial charge on any atom is 0.226 e. The monoisotopic (exact) mass is 336 g/mol. The Morgan fingerprint density at radius 3 is 2.79 bits per heavy atom. The van der Waals surface area contributed by atoms with Gasteiger partial charge in [-0.2, -0.15) is 4.98 Å². The molecule has 0 aromatic carbocycles. The summed E-state index contributed by atoms with van der Waals surface area (Å²) in [5.74, 6) is 2.14. The van der Waals surface area contributed by atoms with Gasteiger partial charge in [0.15, 0.2) is 5.82 Å². The molecule has 0 saturated carbocycles. The molecule has 1 amide bonds. The second kappa shape index (κ2) is 8.07. The van der Waals surface area contributed by atoms with Crippen LogP contribution < -0.4 is 0 Å². The van der Waals surface area contributed by atoms with Crippen LogP contribution in [0.25, 0.3) is 0 Å². The number of rotatable bonds is 6. The molecule has 2 aliphatic rings. The third-order valence-corrected chi connectivity index (χ3v) is 5.05. The first kappa shape index (κ1) is 17.4. The Hall–Kier alpha value is -1.47. The molecule has 2 saturated heterocycles. The lowest BCUT2D eigenvalue weighted by Gasteiger charge is -2.34. The molecule has 2 aliphatic heterocycles. The summed E-state index contributed by atoms with van der Waals surface area (Å²) in [4.78, 5) is 21.3. The number of carbonyl (C=O) groups is 1. The van der Waals surface area contributed by atoms with Crippen LogP contribution in [-0.2, 0) is 22.4 Å². The van der Waals surface area contributed by atoms with Gasteiger partial charge in [0.05, 0.1) is 13.2 Å². The minimum Gasteiger partial charge on any atom is -0.379 e. The van der Waals surface area contributed by atoms with Crippen molar-refractivity contribution in [2.75, 3.05) is 39.4 Å². The summed E-state index contributed by atoms with van der Waals surface area (Å²) in [6.07, 6.45) is 2.76. The Kier molecular flexibility index (Phi) is 5.84. The molecular weight excluding hydrogens is 308 g/mol. The molecule has 0 radical (unpaired) electrons. The standard InChI is InChI=1S/C17H28N4O3/c1-3-15-18-16(24-19-15)5-4-6-17(22)21-11-13(2)14(12-21)20-7-9-23-10-8-20/h13-14H,3-12H2,1-2H3. The lowest BCUT2D eigenvalue weighted by Crippen LogP contribution is -2.47. The fourth-order valence-corrected chi connectivity index (χ4v) is 3.62. The van der Waals surface area contributed by atoms with E-state index in [0.717, 1.165) is 58.1 Å². The van der Waals surface area contributed by atoms with Crippen molar-refractivity contribution in [2.24, 2.45) is 5.92 Å². The second-order valence-electron chi connectivity index (χ2n) is 6.80. The fourth-order valence-electron chi connectivity index (χ4n) is 3.62. The molecule has 2 unspecified atom stereocenters. The highest BCUT2D eigenvalue weighted by Crippen LogP contribution is 2.23. The first-order valence-electron chi connectivity index (χ1n) is 9.08. The van der Waals surface area contributed by atoms with Gasteiger partial charge in [-0.3, -0.25) is 9.69 Å². The van der Waals surface area contributed by atoms with Crippen LogP contribution in [-0.4, -0.2) is 71.3 Å². The molecular formula is C17H28N4O3. The molecule has 3 heterocycles. The second-order valence-corrected chi connectivity index (χ2v) is 6.80. The molecule has 0 bridgehead atoms. The average Bonchev–Trinajstić information content (AvgIpc) is 3.22. The minimum absolute atomic E-state index is 0.243. The summed E-state index contributed by atoms with van der Waals surface area (Å²) in [7, 11) is 0. The van der Waals surface area contributed by atoms with Gasteiger partial charge in [0.2, 0.25) is 11.8 Å². The lowest BCUT2D eigenvalue weighted by atomic mass is 10.0. The molecule has 7 nitrogen and oxygen atoms in total. The van der Waals surface area contributed by atoms with Gasteiger partial charge < -0.3 is 14.2 Å². The third-order valence-electron chi connectivity index (χ3n) is 5.05.